The van der Waals surface area contributed by atoms with E-state index < -0.39 is 34.7 Å². The van der Waals surface area contributed by atoms with Gasteiger partial charge in [-0.25, -0.2) is 8.78 Å². The van der Waals surface area contributed by atoms with Crippen molar-refractivity contribution in [2.75, 3.05) is 26.7 Å². The molecule has 1 unspecified atom stereocenters. The Labute approximate surface area is 132 Å². The quantitative estimate of drug-likeness (QED) is 0.832. The molecule has 1 aliphatic rings. The topological polar surface area (TPSA) is 52.6 Å². The first-order chi connectivity index (χ1) is 9.95. The monoisotopic (exact) mass is 338 g/mol. The molecule has 0 saturated carbocycles. The third-order valence-corrected chi connectivity index (χ3v) is 3.66. The fourth-order valence-electron chi connectivity index (χ4n) is 2.62. The number of halogens is 4. The van der Waals surface area contributed by atoms with Crippen LogP contribution in [0.2, 0.25) is 0 Å². The van der Waals surface area contributed by atoms with E-state index in [4.69, 9.17) is 0 Å². The first kappa shape index (κ1) is 18.6. The van der Waals surface area contributed by atoms with Gasteiger partial charge in [0, 0.05) is 13.1 Å². The van der Waals surface area contributed by atoms with Crippen LogP contribution in [0.3, 0.4) is 0 Å². The third kappa shape index (κ3) is 3.64. The van der Waals surface area contributed by atoms with Crippen LogP contribution >= 0.6 is 12.4 Å². The van der Waals surface area contributed by atoms with Gasteiger partial charge in [-0.3, -0.25) is 4.79 Å². The van der Waals surface area contributed by atoms with Crippen molar-refractivity contribution in [3.8, 4) is 5.75 Å². The van der Waals surface area contributed by atoms with Crippen LogP contribution in [-0.4, -0.2) is 42.6 Å². The van der Waals surface area contributed by atoms with Crippen LogP contribution in [0, 0.1) is 23.4 Å². The second kappa shape index (κ2) is 7.69. The molecule has 4 nitrogen and oxygen atoms in total. The molecule has 0 aromatic heterocycles. The maximum absolute atomic E-state index is 13.8. The minimum atomic E-state index is -1.68. The molecule has 0 spiro atoms. The summed E-state index contributed by atoms with van der Waals surface area (Å²) in [5, 5.41) is 12.2. The van der Waals surface area contributed by atoms with E-state index in [-0.39, 0.29) is 18.3 Å². The fraction of sp³-hybridized carbons (Fsp3) is 0.500. The normalized spacial score (nSPS) is 18.0. The molecular formula is C14H18ClF3N2O2. The van der Waals surface area contributed by atoms with Crippen LogP contribution in [0.5, 0.6) is 5.75 Å². The Morgan fingerprint density at radius 2 is 2.09 bits per heavy atom. The number of nitrogens with one attached hydrogen (secondary N) is 1. The number of phenolic OH excluding ortho intramolecular Hbond substituents is 1. The molecular weight excluding hydrogens is 321 g/mol. The maximum atomic E-state index is 13.8. The molecule has 1 atom stereocenters. The number of nitrogens with zero attached hydrogens (tertiary/aromatic N) is 1. The summed E-state index contributed by atoms with van der Waals surface area (Å²) < 4.78 is 40.1. The van der Waals surface area contributed by atoms with E-state index >= 15 is 0 Å². The second-order valence-electron chi connectivity index (χ2n) is 5.20. The lowest BCUT2D eigenvalue weighted by Crippen LogP contribution is -2.42. The van der Waals surface area contributed by atoms with E-state index in [1.807, 2.05) is 0 Å². The molecule has 1 heterocycles. The fourth-order valence-corrected chi connectivity index (χ4v) is 2.62. The molecule has 1 saturated heterocycles. The first-order valence-electron chi connectivity index (χ1n) is 6.76. The summed E-state index contributed by atoms with van der Waals surface area (Å²) >= 11 is 0. The number of amides is 1. The van der Waals surface area contributed by atoms with Gasteiger partial charge in [-0.1, -0.05) is 0 Å². The van der Waals surface area contributed by atoms with Gasteiger partial charge in [-0.05, 0) is 38.4 Å². The number of likely N-dealkylation sites (tertiary alicyclic amines) is 1. The van der Waals surface area contributed by atoms with Crippen LogP contribution < -0.4 is 5.32 Å². The van der Waals surface area contributed by atoms with Crippen molar-refractivity contribution in [2.45, 2.75) is 12.8 Å². The predicted octanol–water partition coefficient (Wildman–Crippen LogP) is 2.30. The average Bonchev–Trinajstić information content (AvgIpc) is 2.49. The Bertz CT molecular complexity index is 555. The molecule has 0 radical (unpaired) electrons. The minimum Gasteiger partial charge on any atom is -0.503 e. The maximum Gasteiger partial charge on any atom is 0.257 e. The second-order valence-corrected chi connectivity index (χ2v) is 5.20. The summed E-state index contributed by atoms with van der Waals surface area (Å²) in [6.07, 6.45) is 1.70. The molecule has 8 heteroatoms. The van der Waals surface area contributed by atoms with Crippen molar-refractivity contribution < 1.29 is 23.1 Å². The highest BCUT2D eigenvalue weighted by molar-refractivity contribution is 5.95. The van der Waals surface area contributed by atoms with Gasteiger partial charge in [0.25, 0.3) is 5.91 Å². The molecule has 0 aliphatic carbocycles. The highest BCUT2D eigenvalue weighted by Gasteiger charge is 2.29. The third-order valence-electron chi connectivity index (χ3n) is 3.66. The largest absolute Gasteiger partial charge is 0.503 e. The summed E-state index contributed by atoms with van der Waals surface area (Å²) in [5.74, 6) is -6.51. The van der Waals surface area contributed by atoms with E-state index in [0.717, 1.165) is 19.4 Å². The summed E-state index contributed by atoms with van der Waals surface area (Å²) in [6, 6.07) is 0.494. The van der Waals surface area contributed by atoms with E-state index in [1.165, 1.54) is 4.90 Å². The molecule has 2 N–H and O–H groups in total. The lowest BCUT2D eigenvalue weighted by molar-refractivity contribution is 0.0667. The van der Waals surface area contributed by atoms with E-state index in [0.29, 0.717) is 19.2 Å². The van der Waals surface area contributed by atoms with Crippen LogP contribution in [0.4, 0.5) is 13.2 Å². The minimum absolute atomic E-state index is 0. The molecule has 1 fully saturated rings. The standard InChI is InChI=1S/C14H17F3N2O2.ClH/c1-18-6-8-3-2-4-19(7-8)14(21)9-5-10(15)12(17)13(20)11(9)16;/h5,8,18,20H,2-4,6-7H2,1H3;1H. The van der Waals surface area contributed by atoms with E-state index in [9.17, 15) is 23.1 Å². The molecule has 1 amide bonds. The smallest absolute Gasteiger partial charge is 0.257 e. The number of phenols is 1. The van der Waals surface area contributed by atoms with Gasteiger partial charge in [-0.2, -0.15) is 4.39 Å². The Morgan fingerprint density at radius 3 is 2.73 bits per heavy atom. The molecule has 2 rings (SSSR count). The van der Waals surface area contributed by atoms with Crippen LogP contribution in [0.25, 0.3) is 0 Å². The van der Waals surface area contributed by atoms with Gasteiger partial charge >= 0.3 is 0 Å². The molecule has 1 aromatic rings. The van der Waals surface area contributed by atoms with E-state index in [1.54, 1.807) is 7.05 Å². The zero-order valence-electron chi connectivity index (χ0n) is 12.0. The van der Waals surface area contributed by atoms with Crippen molar-refractivity contribution >= 4 is 18.3 Å². The first-order valence-corrected chi connectivity index (χ1v) is 6.76. The van der Waals surface area contributed by atoms with Gasteiger partial charge in [0.2, 0.25) is 5.82 Å². The Balaban J connectivity index is 0.00000242. The summed E-state index contributed by atoms with van der Waals surface area (Å²) in [6.45, 7) is 1.56. The van der Waals surface area contributed by atoms with Gasteiger partial charge in [-0.15, -0.1) is 12.4 Å². The lowest BCUT2D eigenvalue weighted by Gasteiger charge is -2.32. The Kier molecular flexibility index (Phi) is 6.49. The zero-order chi connectivity index (χ0) is 15.6. The molecule has 0 bridgehead atoms. The number of carbonyl (C=O) groups is 1. The van der Waals surface area contributed by atoms with Gasteiger partial charge < -0.3 is 15.3 Å². The van der Waals surface area contributed by atoms with Crippen molar-refractivity contribution in [3.05, 3.63) is 29.1 Å². The zero-order valence-corrected chi connectivity index (χ0v) is 12.9. The van der Waals surface area contributed by atoms with Crippen LogP contribution in [-0.2, 0) is 0 Å². The number of carbonyl (C=O) groups excluding carboxylic acids is 1. The Morgan fingerprint density at radius 1 is 1.41 bits per heavy atom. The number of aromatic hydroxyl groups is 1. The number of piperidine rings is 1. The van der Waals surface area contributed by atoms with Crippen molar-refractivity contribution in [1.29, 1.82) is 0 Å². The summed E-state index contributed by atoms with van der Waals surface area (Å²) in [7, 11) is 1.80. The number of hydrogen-bond acceptors (Lipinski definition) is 3. The number of rotatable bonds is 3. The van der Waals surface area contributed by atoms with Crippen LogP contribution in [0.15, 0.2) is 6.07 Å². The predicted molar refractivity (Wildman–Crippen MR) is 77.8 cm³/mol. The van der Waals surface area contributed by atoms with Crippen molar-refractivity contribution in [1.82, 2.24) is 10.2 Å². The van der Waals surface area contributed by atoms with Crippen LogP contribution in [0.1, 0.15) is 23.2 Å². The average molecular weight is 339 g/mol. The molecule has 124 valence electrons. The SMILES string of the molecule is CNCC1CCCN(C(=O)c2cc(F)c(F)c(O)c2F)C1.Cl. The number of benzene rings is 1. The van der Waals surface area contributed by atoms with E-state index in [2.05, 4.69) is 5.32 Å². The van der Waals surface area contributed by atoms with Gasteiger partial charge in [0.1, 0.15) is 0 Å². The highest BCUT2D eigenvalue weighted by atomic mass is 35.5. The molecule has 1 aromatic carbocycles. The van der Waals surface area contributed by atoms with Gasteiger partial charge in [0.05, 0.1) is 5.56 Å². The lowest BCUT2D eigenvalue weighted by atomic mass is 9.97. The summed E-state index contributed by atoms with van der Waals surface area (Å²) in [5.41, 5.74) is -0.642. The highest BCUT2D eigenvalue weighted by Crippen LogP contribution is 2.27. The summed E-state index contributed by atoms with van der Waals surface area (Å²) in [4.78, 5) is 13.7. The van der Waals surface area contributed by atoms with Gasteiger partial charge in [0.15, 0.2) is 17.4 Å². The van der Waals surface area contributed by atoms with Crippen molar-refractivity contribution in [3.63, 3.8) is 0 Å². The van der Waals surface area contributed by atoms with Crippen molar-refractivity contribution in [2.24, 2.45) is 5.92 Å². The molecule has 22 heavy (non-hydrogen) atoms. The molecule has 1 aliphatic heterocycles. The Hall–Kier alpha value is -1.47. The number of hydrogen-bond donors (Lipinski definition) is 2.